The van der Waals surface area contributed by atoms with E-state index >= 15 is 0 Å². The van der Waals surface area contributed by atoms with E-state index in [0.717, 1.165) is 11.6 Å². The highest BCUT2D eigenvalue weighted by Gasteiger charge is 2.27. The van der Waals surface area contributed by atoms with Crippen LogP contribution in [0.25, 0.3) is 0 Å². The van der Waals surface area contributed by atoms with Crippen LogP contribution < -0.4 is 0 Å². The third-order valence-corrected chi connectivity index (χ3v) is 3.73. The summed E-state index contributed by atoms with van der Waals surface area (Å²) < 4.78 is 39.7. The Bertz CT molecular complexity index is 547. The second-order valence-corrected chi connectivity index (χ2v) is 5.35. The SMILES string of the molecule is CC(F)(F)c1ccc(SCc2ccccc2)cc1F. The van der Waals surface area contributed by atoms with Gasteiger partial charge in [-0.15, -0.1) is 11.8 Å². The quantitative estimate of drug-likeness (QED) is 0.692. The van der Waals surface area contributed by atoms with Crippen molar-refractivity contribution in [1.29, 1.82) is 0 Å². The predicted molar refractivity (Wildman–Crippen MR) is 72.0 cm³/mol. The van der Waals surface area contributed by atoms with Crippen molar-refractivity contribution in [3.05, 3.63) is 65.5 Å². The molecule has 0 heterocycles. The lowest BCUT2D eigenvalue weighted by molar-refractivity contribution is 0.0137. The smallest absolute Gasteiger partial charge is 0.206 e. The highest BCUT2D eigenvalue weighted by atomic mass is 32.2. The van der Waals surface area contributed by atoms with E-state index in [0.29, 0.717) is 17.6 Å². The molecule has 0 spiro atoms. The fraction of sp³-hybridized carbons (Fsp3) is 0.200. The van der Waals surface area contributed by atoms with E-state index < -0.39 is 17.3 Å². The van der Waals surface area contributed by atoms with Gasteiger partial charge >= 0.3 is 0 Å². The summed E-state index contributed by atoms with van der Waals surface area (Å²) in [6.45, 7) is 0.697. The lowest BCUT2D eigenvalue weighted by Crippen LogP contribution is -2.09. The molecule has 0 radical (unpaired) electrons. The highest BCUT2D eigenvalue weighted by Crippen LogP contribution is 2.32. The number of benzene rings is 2. The van der Waals surface area contributed by atoms with E-state index in [-0.39, 0.29) is 0 Å². The molecule has 4 heteroatoms. The second kappa shape index (κ2) is 5.70. The van der Waals surface area contributed by atoms with Gasteiger partial charge in [-0.05, 0) is 23.8 Å². The lowest BCUT2D eigenvalue weighted by Gasteiger charge is -2.12. The maximum absolute atomic E-state index is 13.6. The van der Waals surface area contributed by atoms with Crippen molar-refractivity contribution in [1.82, 2.24) is 0 Å². The van der Waals surface area contributed by atoms with Crippen LogP contribution in [0.1, 0.15) is 18.1 Å². The lowest BCUT2D eigenvalue weighted by atomic mass is 10.1. The van der Waals surface area contributed by atoms with Crippen molar-refractivity contribution in [2.75, 3.05) is 0 Å². The Balaban J connectivity index is 2.09. The summed E-state index contributed by atoms with van der Waals surface area (Å²) in [7, 11) is 0. The monoisotopic (exact) mass is 282 g/mol. The van der Waals surface area contributed by atoms with Gasteiger partial charge < -0.3 is 0 Å². The zero-order valence-corrected chi connectivity index (χ0v) is 11.2. The number of hydrogen-bond donors (Lipinski definition) is 0. The molecule has 100 valence electrons. The van der Waals surface area contributed by atoms with E-state index in [1.807, 2.05) is 30.3 Å². The Morgan fingerprint density at radius 3 is 2.32 bits per heavy atom. The molecule has 0 saturated carbocycles. The molecule has 0 bridgehead atoms. The first kappa shape index (κ1) is 14.0. The summed E-state index contributed by atoms with van der Waals surface area (Å²) >= 11 is 1.42. The van der Waals surface area contributed by atoms with Crippen molar-refractivity contribution < 1.29 is 13.2 Å². The van der Waals surface area contributed by atoms with Crippen LogP contribution in [0.2, 0.25) is 0 Å². The first-order valence-electron chi connectivity index (χ1n) is 5.81. The van der Waals surface area contributed by atoms with Crippen molar-refractivity contribution in [3.8, 4) is 0 Å². The number of hydrogen-bond acceptors (Lipinski definition) is 1. The summed E-state index contributed by atoms with van der Waals surface area (Å²) in [6, 6.07) is 13.6. The summed E-state index contributed by atoms with van der Waals surface area (Å²) in [5, 5.41) is 0. The Morgan fingerprint density at radius 2 is 1.74 bits per heavy atom. The van der Waals surface area contributed by atoms with E-state index in [1.165, 1.54) is 23.9 Å². The van der Waals surface area contributed by atoms with Gasteiger partial charge in [0.15, 0.2) is 0 Å². The molecular formula is C15H13F3S. The van der Waals surface area contributed by atoms with Crippen LogP contribution in [0.3, 0.4) is 0 Å². The zero-order valence-electron chi connectivity index (χ0n) is 10.4. The maximum Gasteiger partial charge on any atom is 0.273 e. The largest absolute Gasteiger partial charge is 0.273 e. The number of alkyl halides is 2. The van der Waals surface area contributed by atoms with Crippen molar-refractivity contribution in [2.45, 2.75) is 23.5 Å². The molecule has 19 heavy (non-hydrogen) atoms. The molecule has 2 aromatic carbocycles. The van der Waals surface area contributed by atoms with Crippen LogP contribution >= 0.6 is 11.8 Å². The third-order valence-electron chi connectivity index (χ3n) is 2.66. The fourth-order valence-electron chi connectivity index (χ4n) is 1.68. The Morgan fingerprint density at radius 1 is 1.05 bits per heavy atom. The number of rotatable bonds is 4. The van der Waals surface area contributed by atoms with Gasteiger partial charge in [0, 0.05) is 17.6 Å². The van der Waals surface area contributed by atoms with Gasteiger partial charge in [0.05, 0.1) is 5.56 Å². The average Bonchev–Trinajstić information content (AvgIpc) is 2.36. The van der Waals surface area contributed by atoms with Gasteiger partial charge in [-0.3, -0.25) is 0 Å². The normalized spacial score (nSPS) is 11.6. The number of halogens is 3. The van der Waals surface area contributed by atoms with Gasteiger partial charge in [-0.25, -0.2) is 13.2 Å². The van der Waals surface area contributed by atoms with Crippen molar-refractivity contribution >= 4 is 11.8 Å². The standard InChI is InChI=1S/C15H13F3S/c1-15(17,18)13-8-7-12(9-14(13)16)19-10-11-5-3-2-4-6-11/h2-9H,10H2,1H3. The molecule has 0 aliphatic heterocycles. The van der Waals surface area contributed by atoms with E-state index in [9.17, 15) is 13.2 Å². The molecule has 0 unspecified atom stereocenters. The molecule has 0 aliphatic rings. The van der Waals surface area contributed by atoms with E-state index in [4.69, 9.17) is 0 Å². The molecule has 0 N–H and O–H groups in total. The summed E-state index contributed by atoms with van der Waals surface area (Å²) in [4.78, 5) is 0.648. The predicted octanol–water partition coefficient (Wildman–Crippen LogP) is 5.23. The summed E-state index contributed by atoms with van der Waals surface area (Å²) in [5.74, 6) is -3.32. The topological polar surface area (TPSA) is 0 Å². The first-order valence-corrected chi connectivity index (χ1v) is 6.80. The fourth-order valence-corrected chi connectivity index (χ4v) is 2.56. The third kappa shape index (κ3) is 3.77. The number of thioether (sulfide) groups is 1. The minimum absolute atomic E-state index is 0.559. The summed E-state index contributed by atoms with van der Waals surface area (Å²) in [6.07, 6.45) is 0. The zero-order chi connectivity index (χ0) is 13.9. The van der Waals surface area contributed by atoms with Crippen LogP contribution in [-0.4, -0.2) is 0 Å². The molecule has 0 amide bonds. The molecule has 2 aromatic rings. The van der Waals surface area contributed by atoms with Gasteiger partial charge in [0.25, 0.3) is 5.92 Å². The highest BCUT2D eigenvalue weighted by molar-refractivity contribution is 7.98. The Kier molecular flexibility index (Phi) is 4.20. The summed E-state index contributed by atoms with van der Waals surface area (Å²) in [5.41, 5.74) is 0.550. The second-order valence-electron chi connectivity index (χ2n) is 4.30. The molecule has 0 aromatic heterocycles. The molecule has 0 nitrogen and oxygen atoms in total. The van der Waals surface area contributed by atoms with Crippen LogP contribution in [0, 0.1) is 5.82 Å². The van der Waals surface area contributed by atoms with Gasteiger partial charge in [0.2, 0.25) is 0 Å². The van der Waals surface area contributed by atoms with Crippen molar-refractivity contribution in [3.63, 3.8) is 0 Å². The molecule has 0 fully saturated rings. The molecule has 0 atom stereocenters. The Hall–Kier alpha value is -1.42. The average molecular weight is 282 g/mol. The van der Waals surface area contributed by atoms with Crippen LogP contribution in [0.4, 0.5) is 13.2 Å². The van der Waals surface area contributed by atoms with E-state index in [1.54, 1.807) is 0 Å². The van der Waals surface area contributed by atoms with Crippen LogP contribution in [0.15, 0.2) is 53.4 Å². The van der Waals surface area contributed by atoms with Gasteiger partial charge in [-0.1, -0.05) is 30.3 Å². The minimum atomic E-state index is -3.15. The van der Waals surface area contributed by atoms with Gasteiger partial charge in [-0.2, -0.15) is 0 Å². The van der Waals surface area contributed by atoms with Gasteiger partial charge in [0.1, 0.15) is 5.82 Å². The first-order chi connectivity index (χ1) is 8.97. The minimum Gasteiger partial charge on any atom is -0.206 e. The molecule has 2 rings (SSSR count). The van der Waals surface area contributed by atoms with Crippen molar-refractivity contribution in [2.24, 2.45) is 0 Å². The maximum atomic E-state index is 13.6. The van der Waals surface area contributed by atoms with E-state index in [2.05, 4.69) is 0 Å². The molecule has 0 saturated heterocycles. The molecule has 0 aliphatic carbocycles. The molecular weight excluding hydrogens is 269 g/mol. The van der Waals surface area contributed by atoms with Crippen LogP contribution in [-0.2, 0) is 11.7 Å². The Labute approximate surface area is 114 Å². The van der Waals surface area contributed by atoms with Crippen LogP contribution in [0.5, 0.6) is 0 Å².